The molecule has 1 amide bonds. The minimum Gasteiger partial charge on any atom is -0.384 e. The van der Waals surface area contributed by atoms with Crippen molar-refractivity contribution in [1.29, 1.82) is 0 Å². The van der Waals surface area contributed by atoms with Crippen LogP contribution < -0.4 is 10.2 Å². The predicted octanol–water partition coefficient (Wildman–Crippen LogP) is 4.85. The monoisotopic (exact) mass is 428 g/mol. The number of para-hydroxylation sites is 1. The molecule has 3 fully saturated rings. The number of rotatable bonds is 6. The van der Waals surface area contributed by atoms with E-state index < -0.39 is 0 Å². The number of carbonyl (C=O) groups excluding carboxylic acids is 1. The van der Waals surface area contributed by atoms with Crippen LogP contribution in [0.1, 0.15) is 76.9 Å². The summed E-state index contributed by atoms with van der Waals surface area (Å²) >= 11 is 0. The number of anilines is 1. The molecule has 4 rings (SSSR count). The van der Waals surface area contributed by atoms with E-state index in [1.807, 2.05) is 0 Å². The molecule has 5 heteroatoms. The standard InChI is InChI=1S/C26H40N2O3/c1-19-11-12-21-23(17-19)31-24(18-26(21,2)27-25(29)13-16-30-3)20-9-5-6-10-22(20)28-14-7-4-8-15-28/h5-6,9-10,19,21,23-24H,4,7-8,11-18H2,1-3H3,(H,27,29)/t19-,21-,23-,24-,26-/m1/s1. The molecule has 1 aromatic rings. The van der Waals surface area contributed by atoms with Crippen molar-refractivity contribution < 1.29 is 14.3 Å². The highest BCUT2D eigenvalue weighted by molar-refractivity contribution is 5.77. The number of ether oxygens (including phenoxy) is 2. The Morgan fingerprint density at radius 2 is 2.00 bits per heavy atom. The maximum absolute atomic E-state index is 12.7. The van der Waals surface area contributed by atoms with Crippen LogP contribution in [0, 0.1) is 11.8 Å². The molecule has 0 aromatic heterocycles. The molecule has 0 radical (unpaired) electrons. The second-order valence-electron chi connectivity index (χ2n) is 10.2. The molecule has 3 aliphatic rings. The van der Waals surface area contributed by atoms with Gasteiger partial charge in [-0.3, -0.25) is 4.79 Å². The van der Waals surface area contributed by atoms with Gasteiger partial charge in [-0.2, -0.15) is 0 Å². The second kappa shape index (κ2) is 9.91. The van der Waals surface area contributed by atoms with Crippen LogP contribution in [0.25, 0.3) is 0 Å². The lowest BCUT2D eigenvalue weighted by Crippen LogP contribution is -2.60. The summed E-state index contributed by atoms with van der Waals surface area (Å²) < 4.78 is 12.0. The summed E-state index contributed by atoms with van der Waals surface area (Å²) in [5.74, 6) is 1.13. The van der Waals surface area contributed by atoms with Gasteiger partial charge in [0.25, 0.3) is 0 Å². The van der Waals surface area contributed by atoms with Crippen molar-refractivity contribution in [2.45, 2.75) is 83.0 Å². The third kappa shape index (κ3) is 5.09. The van der Waals surface area contributed by atoms with E-state index >= 15 is 0 Å². The van der Waals surface area contributed by atoms with Gasteiger partial charge >= 0.3 is 0 Å². The third-order valence-electron chi connectivity index (χ3n) is 7.76. The van der Waals surface area contributed by atoms with E-state index in [9.17, 15) is 4.79 Å². The fourth-order valence-electron chi connectivity index (χ4n) is 6.09. The fourth-order valence-corrected chi connectivity index (χ4v) is 6.09. The number of hydrogen-bond acceptors (Lipinski definition) is 4. The topological polar surface area (TPSA) is 50.8 Å². The summed E-state index contributed by atoms with van der Waals surface area (Å²) in [4.78, 5) is 15.3. The van der Waals surface area contributed by atoms with Crippen LogP contribution in [-0.4, -0.2) is 44.4 Å². The highest BCUT2D eigenvalue weighted by Crippen LogP contribution is 2.49. The number of nitrogens with zero attached hydrogens (tertiary/aromatic N) is 1. The van der Waals surface area contributed by atoms with Gasteiger partial charge < -0.3 is 19.7 Å². The third-order valence-corrected chi connectivity index (χ3v) is 7.76. The van der Waals surface area contributed by atoms with Crippen molar-refractivity contribution >= 4 is 11.6 Å². The summed E-state index contributed by atoms with van der Waals surface area (Å²) in [6.07, 6.45) is 8.70. The first kappa shape index (κ1) is 22.6. The molecule has 0 bridgehead atoms. The lowest BCUT2D eigenvalue weighted by atomic mass is 9.66. The minimum atomic E-state index is -0.256. The molecule has 31 heavy (non-hydrogen) atoms. The normalized spacial score (nSPS) is 33.6. The van der Waals surface area contributed by atoms with Crippen LogP contribution >= 0.6 is 0 Å². The highest BCUT2D eigenvalue weighted by Gasteiger charge is 2.49. The van der Waals surface area contributed by atoms with Gasteiger partial charge in [0.2, 0.25) is 5.91 Å². The minimum absolute atomic E-state index is 0.0115. The largest absolute Gasteiger partial charge is 0.384 e. The van der Waals surface area contributed by atoms with E-state index in [4.69, 9.17) is 9.47 Å². The predicted molar refractivity (Wildman–Crippen MR) is 124 cm³/mol. The van der Waals surface area contributed by atoms with Gasteiger partial charge in [0.15, 0.2) is 0 Å². The van der Waals surface area contributed by atoms with Crippen LogP contribution in [0.5, 0.6) is 0 Å². The zero-order valence-electron chi connectivity index (χ0n) is 19.6. The Balaban J connectivity index is 1.61. The number of piperidine rings is 1. The molecule has 5 nitrogen and oxygen atoms in total. The molecule has 0 unspecified atom stereocenters. The number of benzene rings is 1. The van der Waals surface area contributed by atoms with Gasteiger partial charge in [0.05, 0.1) is 18.8 Å². The van der Waals surface area contributed by atoms with Gasteiger partial charge in [0.1, 0.15) is 0 Å². The molecule has 2 heterocycles. The van der Waals surface area contributed by atoms with Gasteiger partial charge in [-0.25, -0.2) is 0 Å². The van der Waals surface area contributed by atoms with Gasteiger partial charge in [-0.15, -0.1) is 0 Å². The van der Waals surface area contributed by atoms with E-state index in [-0.39, 0.29) is 23.7 Å². The zero-order chi connectivity index (χ0) is 21.8. The Morgan fingerprint density at radius 1 is 1.23 bits per heavy atom. The second-order valence-corrected chi connectivity index (χ2v) is 10.2. The van der Waals surface area contributed by atoms with E-state index in [0.717, 1.165) is 32.4 Å². The number of hydrogen-bond donors (Lipinski definition) is 1. The Kier molecular flexibility index (Phi) is 7.22. The Bertz CT molecular complexity index is 748. The SMILES string of the molecule is COCCC(=O)N[C@]1(C)C[C@H](c2ccccc2N2CCCCC2)O[C@@H]2C[C@H](C)CC[C@H]21. The molecule has 1 N–H and O–H groups in total. The van der Waals surface area contributed by atoms with Crippen LogP contribution in [0.15, 0.2) is 24.3 Å². The quantitative estimate of drug-likeness (QED) is 0.703. The summed E-state index contributed by atoms with van der Waals surface area (Å²) in [5.41, 5.74) is 2.36. The average molecular weight is 429 g/mol. The number of nitrogens with one attached hydrogen (secondary N) is 1. The van der Waals surface area contributed by atoms with E-state index in [1.165, 1.54) is 36.9 Å². The summed E-state index contributed by atoms with van der Waals surface area (Å²) in [6.45, 7) is 7.30. The Morgan fingerprint density at radius 3 is 2.77 bits per heavy atom. The zero-order valence-corrected chi connectivity index (χ0v) is 19.6. The molecule has 1 aromatic carbocycles. The van der Waals surface area contributed by atoms with Crippen molar-refractivity contribution in [3.05, 3.63) is 29.8 Å². The maximum Gasteiger partial charge on any atom is 0.222 e. The molecular formula is C26H40N2O3. The van der Waals surface area contributed by atoms with Crippen LogP contribution in [0.2, 0.25) is 0 Å². The van der Waals surface area contributed by atoms with E-state index in [0.29, 0.717) is 24.9 Å². The average Bonchev–Trinajstić information content (AvgIpc) is 2.77. The molecule has 1 saturated carbocycles. The summed E-state index contributed by atoms with van der Waals surface area (Å²) in [7, 11) is 1.65. The molecule has 2 aliphatic heterocycles. The van der Waals surface area contributed by atoms with Gasteiger partial charge in [-0.05, 0) is 51.0 Å². The first-order valence-electron chi connectivity index (χ1n) is 12.3. The summed E-state index contributed by atoms with van der Waals surface area (Å²) in [5, 5.41) is 3.43. The first-order valence-corrected chi connectivity index (χ1v) is 12.3. The van der Waals surface area contributed by atoms with Crippen molar-refractivity contribution in [2.24, 2.45) is 11.8 Å². The summed E-state index contributed by atoms with van der Waals surface area (Å²) in [6, 6.07) is 8.78. The number of fused-ring (bicyclic) bond motifs is 1. The van der Waals surface area contributed by atoms with Crippen molar-refractivity contribution in [3.63, 3.8) is 0 Å². The van der Waals surface area contributed by atoms with Gasteiger partial charge in [-0.1, -0.05) is 31.5 Å². The lowest BCUT2D eigenvalue weighted by Gasteiger charge is -2.52. The fraction of sp³-hybridized carbons (Fsp3) is 0.731. The van der Waals surface area contributed by atoms with E-state index in [1.54, 1.807) is 7.11 Å². The smallest absolute Gasteiger partial charge is 0.222 e. The van der Waals surface area contributed by atoms with Crippen LogP contribution in [-0.2, 0) is 14.3 Å². The highest BCUT2D eigenvalue weighted by atomic mass is 16.5. The Hall–Kier alpha value is -1.59. The molecular weight excluding hydrogens is 388 g/mol. The van der Waals surface area contributed by atoms with Crippen molar-refractivity contribution in [3.8, 4) is 0 Å². The van der Waals surface area contributed by atoms with Crippen LogP contribution in [0.4, 0.5) is 5.69 Å². The molecule has 172 valence electrons. The van der Waals surface area contributed by atoms with Gasteiger partial charge in [0, 0.05) is 55.7 Å². The lowest BCUT2D eigenvalue weighted by molar-refractivity contribution is -0.154. The molecule has 0 spiro atoms. The van der Waals surface area contributed by atoms with Crippen LogP contribution in [0.3, 0.4) is 0 Å². The Labute approximate surface area is 187 Å². The molecule has 2 saturated heterocycles. The first-order chi connectivity index (χ1) is 15.0. The number of carbonyl (C=O) groups is 1. The maximum atomic E-state index is 12.7. The van der Waals surface area contributed by atoms with Crippen molar-refractivity contribution in [2.75, 3.05) is 31.7 Å². The molecule has 1 aliphatic carbocycles. The van der Waals surface area contributed by atoms with Crippen molar-refractivity contribution in [1.82, 2.24) is 5.32 Å². The number of methoxy groups -OCH3 is 1. The number of amides is 1. The van der Waals surface area contributed by atoms with E-state index in [2.05, 4.69) is 48.3 Å². The molecule has 5 atom stereocenters.